The van der Waals surface area contributed by atoms with Crippen LogP contribution in [0.2, 0.25) is 0 Å². The molecule has 0 atom stereocenters. The van der Waals surface area contributed by atoms with Gasteiger partial charge in [-0.3, -0.25) is 23.7 Å². The van der Waals surface area contributed by atoms with Gasteiger partial charge in [0.15, 0.2) is 22.5 Å². The second-order valence-corrected chi connectivity index (χ2v) is 10.5. The Hall–Kier alpha value is -4.36. The van der Waals surface area contributed by atoms with E-state index in [9.17, 15) is 19.2 Å². The van der Waals surface area contributed by atoms with Crippen molar-refractivity contribution < 1.29 is 14.4 Å². The maximum absolute atomic E-state index is 13.0. The highest BCUT2D eigenvalue weighted by atomic mass is 32.2. The number of fused-ring (bicyclic) bond motifs is 1. The number of aromatic nitrogens is 2. The van der Waals surface area contributed by atoms with Crippen molar-refractivity contribution in [3.63, 3.8) is 0 Å². The SMILES string of the molecule is Cc1cccc2nc(SCc3ccc(C(=O)C4=CC=C(CC(=O)c5ccccc5)CC4=O)cc3)n(C)c(=O)c12. The summed E-state index contributed by atoms with van der Waals surface area (Å²) in [6.07, 6.45) is 3.45. The summed E-state index contributed by atoms with van der Waals surface area (Å²) >= 11 is 1.45. The average molecular weight is 535 g/mol. The molecule has 4 aromatic rings. The average Bonchev–Trinajstić information content (AvgIpc) is 2.94. The fourth-order valence-electron chi connectivity index (χ4n) is 4.55. The Kier molecular flexibility index (Phi) is 7.52. The van der Waals surface area contributed by atoms with E-state index in [1.54, 1.807) is 54.1 Å². The van der Waals surface area contributed by atoms with Gasteiger partial charge >= 0.3 is 0 Å². The number of Topliss-reactive ketones (excluding diaryl/α,β-unsaturated/α-hetero) is 3. The number of aryl methyl sites for hydroxylation is 1. The van der Waals surface area contributed by atoms with Crippen molar-refractivity contribution in [2.45, 2.75) is 30.7 Å². The molecule has 0 saturated heterocycles. The molecule has 0 spiro atoms. The molecular formula is C32H26N2O4S. The summed E-state index contributed by atoms with van der Waals surface area (Å²) in [5, 5.41) is 1.24. The number of ketones is 3. The van der Waals surface area contributed by atoms with E-state index in [1.165, 1.54) is 17.8 Å². The first-order chi connectivity index (χ1) is 18.8. The van der Waals surface area contributed by atoms with Crippen molar-refractivity contribution >= 4 is 40.0 Å². The molecule has 0 saturated carbocycles. The fraction of sp³-hybridized carbons (Fsp3) is 0.156. The van der Waals surface area contributed by atoms with Crippen LogP contribution in [0.25, 0.3) is 10.9 Å². The lowest BCUT2D eigenvalue weighted by molar-refractivity contribution is -0.114. The Morgan fingerprint density at radius 1 is 0.897 bits per heavy atom. The number of benzene rings is 3. The maximum atomic E-state index is 13.0. The van der Waals surface area contributed by atoms with Gasteiger partial charge in [0.1, 0.15) is 0 Å². The molecule has 1 aliphatic carbocycles. The monoisotopic (exact) mass is 534 g/mol. The van der Waals surface area contributed by atoms with Crippen molar-refractivity contribution in [2.24, 2.45) is 7.05 Å². The minimum absolute atomic E-state index is 0.0552. The van der Waals surface area contributed by atoms with Gasteiger partial charge in [-0.05, 0) is 30.2 Å². The Morgan fingerprint density at radius 3 is 2.36 bits per heavy atom. The molecule has 1 aromatic heterocycles. The molecule has 0 amide bonds. The van der Waals surface area contributed by atoms with Crippen molar-refractivity contribution in [3.8, 4) is 0 Å². The van der Waals surface area contributed by atoms with Gasteiger partial charge in [0, 0.05) is 36.8 Å². The number of carbonyl (C=O) groups excluding carboxylic acids is 3. The maximum Gasteiger partial charge on any atom is 0.262 e. The number of hydrogen-bond acceptors (Lipinski definition) is 6. The van der Waals surface area contributed by atoms with Crippen LogP contribution in [0.3, 0.4) is 0 Å². The Balaban J connectivity index is 1.26. The number of allylic oxidation sites excluding steroid dienone is 4. The van der Waals surface area contributed by atoms with E-state index < -0.39 is 0 Å². The summed E-state index contributed by atoms with van der Waals surface area (Å²) in [4.78, 5) is 55.8. The quantitative estimate of drug-likeness (QED) is 0.123. The van der Waals surface area contributed by atoms with Crippen LogP contribution in [-0.4, -0.2) is 26.9 Å². The van der Waals surface area contributed by atoms with Crippen LogP contribution in [-0.2, 0) is 17.6 Å². The third kappa shape index (κ3) is 5.59. The van der Waals surface area contributed by atoms with E-state index >= 15 is 0 Å². The molecule has 39 heavy (non-hydrogen) atoms. The molecule has 0 aliphatic heterocycles. The normalized spacial score (nSPS) is 13.2. The Bertz CT molecular complexity index is 1730. The van der Waals surface area contributed by atoms with Crippen molar-refractivity contribution in [3.05, 3.63) is 129 Å². The standard InChI is InChI=1S/C32H26N2O4S/c1-20-7-6-10-26-29(20)31(38)34(2)32(33-26)39-19-21-11-14-24(15-12-21)30(37)25-16-13-22(18-28(25)36)17-27(35)23-8-4-3-5-9-23/h3-16H,17-19H2,1-2H3. The van der Waals surface area contributed by atoms with Crippen molar-refractivity contribution in [1.82, 2.24) is 9.55 Å². The summed E-state index contributed by atoms with van der Waals surface area (Å²) < 4.78 is 1.56. The van der Waals surface area contributed by atoms with Crippen LogP contribution in [0.1, 0.15) is 44.7 Å². The molecule has 1 aliphatic rings. The zero-order valence-corrected chi connectivity index (χ0v) is 22.5. The third-order valence-corrected chi connectivity index (χ3v) is 7.86. The third-order valence-electron chi connectivity index (χ3n) is 6.76. The minimum atomic E-state index is -0.335. The highest BCUT2D eigenvalue weighted by molar-refractivity contribution is 7.98. The van der Waals surface area contributed by atoms with E-state index in [2.05, 4.69) is 4.98 Å². The number of rotatable bonds is 8. The van der Waals surface area contributed by atoms with E-state index in [0.29, 0.717) is 38.5 Å². The smallest absolute Gasteiger partial charge is 0.262 e. The zero-order chi connectivity index (χ0) is 27.5. The van der Waals surface area contributed by atoms with Gasteiger partial charge in [-0.2, -0.15) is 0 Å². The number of nitrogens with zero attached hydrogens (tertiary/aromatic N) is 2. The second kappa shape index (κ2) is 11.2. The van der Waals surface area contributed by atoms with Crippen LogP contribution < -0.4 is 5.56 Å². The highest BCUT2D eigenvalue weighted by Gasteiger charge is 2.24. The topological polar surface area (TPSA) is 86.1 Å². The molecule has 5 rings (SSSR count). The lowest BCUT2D eigenvalue weighted by Gasteiger charge is -2.13. The fourth-order valence-corrected chi connectivity index (χ4v) is 5.48. The van der Waals surface area contributed by atoms with Crippen LogP contribution in [0, 0.1) is 6.92 Å². The molecule has 0 N–H and O–H groups in total. The summed E-state index contributed by atoms with van der Waals surface area (Å²) in [5.41, 5.74) is 4.30. The Labute approximate surface area is 230 Å². The molecule has 0 bridgehead atoms. The highest BCUT2D eigenvalue weighted by Crippen LogP contribution is 2.25. The molecule has 7 heteroatoms. The minimum Gasteiger partial charge on any atom is -0.294 e. The molecular weight excluding hydrogens is 508 g/mol. The largest absolute Gasteiger partial charge is 0.294 e. The summed E-state index contributed by atoms with van der Waals surface area (Å²) in [6, 6.07) is 21.7. The first-order valence-electron chi connectivity index (χ1n) is 12.6. The zero-order valence-electron chi connectivity index (χ0n) is 21.6. The number of carbonyl (C=O) groups is 3. The lowest BCUT2D eigenvalue weighted by Crippen LogP contribution is -2.20. The second-order valence-electron chi connectivity index (χ2n) is 9.51. The van der Waals surface area contributed by atoms with Crippen LogP contribution >= 0.6 is 11.8 Å². The lowest BCUT2D eigenvalue weighted by atomic mass is 9.89. The van der Waals surface area contributed by atoms with E-state index in [-0.39, 0.29) is 41.3 Å². The van der Waals surface area contributed by atoms with Gasteiger partial charge in [0.2, 0.25) is 0 Å². The Morgan fingerprint density at radius 2 is 1.64 bits per heavy atom. The number of hydrogen-bond donors (Lipinski definition) is 0. The van der Waals surface area contributed by atoms with Gasteiger partial charge in [0.25, 0.3) is 5.56 Å². The molecule has 0 radical (unpaired) electrons. The van der Waals surface area contributed by atoms with Gasteiger partial charge in [0.05, 0.1) is 16.5 Å². The predicted octanol–water partition coefficient (Wildman–Crippen LogP) is 5.82. The first kappa shape index (κ1) is 26.3. The predicted molar refractivity (Wildman–Crippen MR) is 153 cm³/mol. The van der Waals surface area contributed by atoms with E-state index in [1.807, 2.05) is 43.3 Å². The first-order valence-corrected chi connectivity index (χ1v) is 13.5. The van der Waals surface area contributed by atoms with Crippen molar-refractivity contribution in [1.29, 1.82) is 0 Å². The van der Waals surface area contributed by atoms with Gasteiger partial charge in [-0.1, -0.05) is 90.1 Å². The van der Waals surface area contributed by atoms with Crippen LogP contribution in [0.4, 0.5) is 0 Å². The van der Waals surface area contributed by atoms with E-state index in [4.69, 9.17) is 0 Å². The molecule has 0 unspecified atom stereocenters. The molecule has 3 aromatic carbocycles. The van der Waals surface area contributed by atoms with Crippen molar-refractivity contribution in [2.75, 3.05) is 0 Å². The van der Waals surface area contributed by atoms with Crippen LogP contribution in [0.5, 0.6) is 0 Å². The summed E-state index contributed by atoms with van der Waals surface area (Å²) in [6.45, 7) is 1.90. The molecule has 6 nitrogen and oxygen atoms in total. The van der Waals surface area contributed by atoms with Gasteiger partial charge in [-0.15, -0.1) is 0 Å². The summed E-state index contributed by atoms with van der Waals surface area (Å²) in [7, 11) is 1.72. The summed E-state index contributed by atoms with van der Waals surface area (Å²) in [5.74, 6) is -0.107. The van der Waals surface area contributed by atoms with Crippen LogP contribution in [0.15, 0.2) is 106 Å². The van der Waals surface area contributed by atoms with E-state index in [0.717, 1.165) is 11.1 Å². The molecule has 194 valence electrons. The molecule has 0 fully saturated rings. The molecule has 1 heterocycles. The van der Waals surface area contributed by atoms with Gasteiger partial charge in [-0.25, -0.2) is 4.98 Å². The van der Waals surface area contributed by atoms with Gasteiger partial charge < -0.3 is 0 Å². The number of thioether (sulfide) groups is 1.